The van der Waals surface area contributed by atoms with Crippen molar-refractivity contribution in [1.29, 1.82) is 0 Å². The van der Waals surface area contributed by atoms with E-state index in [0.29, 0.717) is 10.0 Å². The van der Waals surface area contributed by atoms with Crippen molar-refractivity contribution in [2.24, 2.45) is 0 Å². The predicted molar refractivity (Wildman–Crippen MR) is 47.0 cm³/mol. The summed E-state index contributed by atoms with van der Waals surface area (Å²) < 4.78 is 0. The molecule has 0 radical (unpaired) electrons. The molecule has 0 aliphatic heterocycles. The SMILES string of the molecule is C=CSc1nccc(Cl)c1O. The number of aromatic hydroxyl groups is 1. The van der Waals surface area contributed by atoms with Gasteiger partial charge in [0.05, 0.1) is 5.02 Å². The van der Waals surface area contributed by atoms with Crippen LogP contribution in [0.3, 0.4) is 0 Å². The van der Waals surface area contributed by atoms with Crippen LogP contribution in [0.25, 0.3) is 0 Å². The van der Waals surface area contributed by atoms with Gasteiger partial charge in [0.25, 0.3) is 0 Å². The van der Waals surface area contributed by atoms with E-state index in [4.69, 9.17) is 11.6 Å². The van der Waals surface area contributed by atoms with Crippen molar-refractivity contribution >= 4 is 23.4 Å². The molecule has 0 unspecified atom stereocenters. The highest BCUT2D eigenvalue weighted by Gasteiger charge is 2.04. The van der Waals surface area contributed by atoms with Crippen LogP contribution in [-0.4, -0.2) is 10.1 Å². The molecule has 1 aromatic heterocycles. The van der Waals surface area contributed by atoms with Gasteiger partial charge in [-0.2, -0.15) is 0 Å². The van der Waals surface area contributed by atoms with Gasteiger partial charge in [0.15, 0.2) is 5.75 Å². The van der Waals surface area contributed by atoms with Crippen LogP contribution >= 0.6 is 23.4 Å². The summed E-state index contributed by atoms with van der Waals surface area (Å²) in [6.07, 6.45) is 1.54. The number of hydrogen-bond donors (Lipinski definition) is 1. The monoisotopic (exact) mass is 187 g/mol. The van der Waals surface area contributed by atoms with E-state index in [1.165, 1.54) is 24.0 Å². The van der Waals surface area contributed by atoms with Crippen LogP contribution in [0, 0.1) is 0 Å². The first-order chi connectivity index (χ1) is 5.25. The van der Waals surface area contributed by atoms with E-state index < -0.39 is 0 Å². The minimum absolute atomic E-state index is 0.0130. The van der Waals surface area contributed by atoms with Crippen LogP contribution < -0.4 is 0 Å². The zero-order chi connectivity index (χ0) is 8.27. The number of rotatable bonds is 2. The molecule has 0 saturated heterocycles. The molecule has 58 valence electrons. The number of pyridine rings is 1. The molecule has 1 rings (SSSR count). The van der Waals surface area contributed by atoms with Crippen molar-refractivity contribution in [3.8, 4) is 5.75 Å². The lowest BCUT2D eigenvalue weighted by Gasteiger charge is -1.99. The predicted octanol–water partition coefficient (Wildman–Crippen LogP) is 2.68. The number of halogens is 1. The molecule has 1 N–H and O–H groups in total. The molecule has 0 fully saturated rings. The van der Waals surface area contributed by atoms with Crippen molar-refractivity contribution < 1.29 is 5.11 Å². The van der Waals surface area contributed by atoms with Crippen LogP contribution in [-0.2, 0) is 0 Å². The summed E-state index contributed by atoms with van der Waals surface area (Å²) in [7, 11) is 0. The first-order valence-corrected chi connectivity index (χ1v) is 4.12. The van der Waals surface area contributed by atoms with Gasteiger partial charge in [-0.25, -0.2) is 4.98 Å². The highest BCUT2D eigenvalue weighted by molar-refractivity contribution is 8.02. The average molecular weight is 188 g/mol. The normalized spacial score (nSPS) is 9.55. The fourth-order valence-electron chi connectivity index (χ4n) is 0.578. The summed E-state index contributed by atoms with van der Waals surface area (Å²) in [5.41, 5.74) is 0. The van der Waals surface area contributed by atoms with Gasteiger partial charge >= 0.3 is 0 Å². The molecule has 0 aromatic carbocycles. The lowest BCUT2D eigenvalue weighted by Crippen LogP contribution is -1.78. The third kappa shape index (κ3) is 1.88. The zero-order valence-electron chi connectivity index (χ0n) is 5.62. The van der Waals surface area contributed by atoms with E-state index in [1.54, 1.807) is 5.41 Å². The Labute approximate surface area is 73.9 Å². The molecule has 11 heavy (non-hydrogen) atoms. The highest BCUT2D eigenvalue weighted by atomic mass is 35.5. The summed E-state index contributed by atoms with van der Waals surface area (Å²) in [6.45, 7) is 3.50. The van der Waals surface area contributed by atoms with Gasteiger partial charge in [0.2, 0.25) is 0 Å². The van der Waals surface area contributed by atoms with E-state index in [-0.39, 0.29) is 5.75 Å². The maximum Gasteiger partial charge on any atom is 0.167 e. The molecule has 0 aliphatic rings. The van der Waals surface area contributed by atoms with Gasteiger partial charge in [-0.15, -0.1) is 0 Å². The number of thioether (sulfide) groups is 1. The molecule has 0 bridgehead atoms. The fraction of sp³-hybridized carbons (Fsp3) is 0. The second-order valence-electron chi connectivity index (χ2n) is 1.73. The summed E-state index contributed by atoms with van der Waals surface area (Å²) in [5.74, 6) is 0.0130. The number of nitrogens with zero attached hydrogens (tertiary/aromatic N) is 1. The van der Waals surface area contributed by atoms with E-state index in [0.717, 1.165) is 0 Å². The van der Waals surface area contributed by atoms with Gasteiger partial charge in [-0.1, -0.05) is 29.9 Å². The van der Waals surface area contributed by atoms with Crippen LogP contribution in [0.4, 0.5) is 0 Å². The lowest BCUT2D eigenvalue weighted by atomic mass is 10.5. The van der Waals surface area contributed by atoms with Crippen molar-refractivity contribution in [1.82, 2.24) is 4.98 Å². The Bertz CT molecular complexity index is 277. The topological polar surface area (TPSA) is 33.1 Å². The Morgan fingerprint density at radius 2 is 2.45 bits per heavy atom. The molecule has 1 aromatic rings. The smallest absolute Gasteiger partial charge is 0.167 e. The fourth-order valence-corrected chi connectivity index (χ4v) is 1.28. The van der Waals surface area contributed by atoms with E-state index >= 15 is 0 Å². The van der Waals surface area contributed by atoms with Crippen LogP contribution in [0.2, 0.25) is 5.02 Å². The first-order valence-electron chi connectivity index (χ1n) is 2.86. The van der Waals surface area contributed by atoms with Gasteiger partial charge in [-0.05, 0) is 11.5 Å². The van der Waals surface area contributed by atoms with E-state index in [2.05, 4.69) is 11.6 Å². The van der Waals surface area contributed by atoms with Crippen molar-refractivity contribution in [3.05, 3.63) is 29.3 Å². The summed E-state index contributed by atoms with van der Waals surface area (Å²) in [4.78, 5) is 3.89. The third-order valence-electron chi connectivity index (χ3n) is 1.04. The second kappa shape index (κ2) is 3.64. The Hall–Kier alpha value is -0.670. The van der Waals surface area contributed by atoms with E-state index in [1.807, 2.05) is 0 Å². The Balaban J connectivity index is 3.05. The molecule has 0 amide bonds. The maximum atomic E-state index is 9.27. The summed E-state index contributed by atoms with van der Waals surface area (Å²) in [5, 5.41) is 11.6. The maximum absolute atomic E-state index is 9.27. The standard InChI is InChI=1S/C7H6ClNOS/c1-2-11-7-6(10)5(8)3-4-9-7/h2-4,10H,1H2. The molecular weight excluding hydrogens is 182 g/mol. The molecule has 0 saturated carbocycles. The third-order valence-corrected chi connectivity index (χ3v) is 2.03. The number of aromatic nitrogens is 1. The largest absolute Gasteiger partial charge is 0.504 e. The Morgan fingerprint density at radius 1 is 1.73 bits per heavy atom. The molecular formula is C7H6ClNOS. The summed E-state index contributed by atoms with van der Waals surface area (Å²) in [6, 6.07) is 1.53. The van der Waals surface area contributed by atoms with E-state index in [9.17, 15) is 5.11 Å². The molecule has 2 nitrogen and oxygen atoms in total. The second-order valence-corrected chi connectivity index (χ2v) is 3.09. The van der Waals surface area contributed by atoms with Crippen molar-refractivity contribution in [3.63, 3.8) is 0 Å². The molecule has 4 heteroatoms. The van der Waals surface area contributed by atoms with Gasteiger partial charge in [0.1, 0.15) is 5.03 Å². The highest BCUT2D eigenvalue weighted by Crippen LogP contribution is 2.32. The van der Waals surface area contributed by atoms with Gasteiger partial charge in [0, 0.05) is 6.20 Å². The lowest BCUT2D eigenvalue weighted by molar-refractivity contribution is 0.457. The molecule has 0 spiro atoms. The quantitative estimate of drug-likeness (QED) is 0.723. The van der Waals surface area contributed by atoms with Gasteiger partial charge < -0.3 is 5.11 Å². The first kappa shape index (κ1) is 8.43. The molecule has 0 aliphatic carbocycles. The Kier molecular flexibility index (Phi) is 2.79. The summed E-state index contributed by atoms with van der Waals surface area (Å²) >= 11 is 6.85. The zero-order valence-corrected chi connectivity index (χ0v) is 7.19. The molecule has 0 atom stereocenters. The van der Waals surface area contributed by atoms with Crippen LogP contribution in [0.5, 0.6) is 5.75 Å². The van der Waals surface area contributed by atoms with Crippen LogP contribution in [0.1, 0.15) is 0 Å². The number of hydrogen-bond acceptors (Lipinski definition) is 3. The van der Waals surface area contributed by atoms with Crippen molar-refractivity contribution in [2.75, 3.05) is 0 Å². The Morgan fingerprint density at radius 3 is 3.09 bits per heavy atom. The van der Waals surface area contributed by atoms with Gasteiger partial charge in [-0.3, -0.25) is 0 Å². The minimum Gasteiger partial charge on any atom is -0.504 e. The molecule has 1 heterocycles. The minimum atomic E-state index is 0.0130. The van der Waals surface area contributed by atoms with Crippen molar-refractivity contribution in [2.45, 2.75) is 5.03 Å². The van der Waals surface area contributed by atoms with Crippen LogP contribution in [0.15, 0.2) is 29.3 Å². The average Bonchev–Trinajstić information content (AvgIpc) is 1.99.